The normalized spacial score (nSPS) is 15.6. The van der Waals surface area contributed by atoms with Crippen molar-refractivity contribution in [1.29, 1.82) is 0 Å². The molecule has 2 aromatic carbocycles. The molecule has 0 fully saturated rings. The van der Waals surface area contributed by atoms with Crippen LogP contribution in [0.25, 0.3) is 22.7 Å². The fourth-order valence-electron chi connectivity index (χ4n) is 3.83. The van der Waals surface area contributed by atoms with Crippen LogP contribution in [0.4, 0.5) is 4.39 Å². The van der Waals surface area contributed by atoms with Crippen molar-refractivity contribution in [2.45, 2.75) is 26.8 Å². The Bertz CT molecular complexity index is 981. The maximum absolute atomic E-state index is 14.2. The Hall–Kier alpha value is -2.39. The number of rotatable bonds is 2. The van der Waals surface area contributed by atoms with Crippen molar-refractivity contribution in [2.24, 2.45) is 0 Å². The van der Waals surface area contributed by atoms with Gasteiger partial charge in [-0.2, -0.15) is 0 Å². The van der Waals surface area contributed by atoms with Gasteiger partial charge < -0.3 is 9.47 Å². The SMILES string of the molecule is CC(=Cn1c2c(c3cc(C)ccc31)CN(C)CC2)c1ccccc1F. The first-order valence-electron chi connectivity index (χ1n) is 8.79. The molecular formula is C22H23FN2. The number of hydrogen-bond donors (Lipinski definition) is 0. The second-order valence-corrected chi connectivity index (χ2v) is 7.10. The fraction of sp³-hybridized carbons (Fsp3) is 0.273. The highest BCUT2D eigenvalue weighted by Crippen LogP contribution is 2.32. The van der Waals surface area contributed by atoms with Gasteiger partial charge in [0.2, 0.25) is 0 Å². The van der Waals surface area contributed by atoms with Crippen molar-refractivity contribution >= 4 is 22.7 Å². The first-order chi connectivity index (χ1) is 12.0. The van der Waals surface area contributed by atoms with E-state index in [-0.39, 0.29) is 5.82 Å². The zero-order chi connectivity index (χ0) is 17.6. The highest BCUT2D eigenvalue weighted by molar-refractivity contribution is 5.90. The zero-order valence-electron chi connectivity index (χ0n) is 15.0. The molecule has 3 heteroatoms. The number of aromatic nitrogens is 1. The van der Waals surface area contributed by atoms with E-state index < -0.39 is 0 Å². The van der Waals surface area contributed by atoms with Gasteiger partial charge in [-0.25, -0.2) is 4.39 Å². The topological polar surface area (TPSA) is 8.17 Å². The molecule has 4 rings (SSSR count). The minimum atomic E-state index is -0.169. The third-order valence-corrected chi connectivity index (χ3v) is 5.16. The number of aryl methyl sites for hydroxylation is 1. The number of fused-ring (bicyclic) bond motifs is 3. The van der Waals surface area contributed by atoms with Crippen molar-refractivity contribution in [1.82, 2.24) is 9.47 Å². The molecular weight excluding hydrogens is 311 g/mol. The first-order valence-corrected chi connectivity index (χ1v) is 8.79. The molecule has 128 valence electrons. The summed E-state index contributed by atoms with van der Waals surface area (Å²) < 4.78 is 16.4. The Morgan fingerprint density at radius 1 is 1.16 bits per heavy atom. The van der Waals surface area contributed by atoms with Gasteiger partial charge in [-0.05, 0) is 50.2 Å². The second-order valence-electron chi connectivity index (χ2n) is 7.10. The standard InChI is InChI=1S/C22H23FN2/c1-15-8-9-21-18(12-15)19-14-24(3)11-10-22(19)25(21)13-16(2)17-6-4-5-7-20(17)23/h4-9,12-13H,10-11,14H2,1-3H3. The predicted molar refractivity (Wildman–Crippen MR) is 103 cm³/mol. The molecule has 0 saturated heterocycles. The van der Waals surface area contributed by atoms with E-state index >= 15 is 0 Å². The molecule has 0 N–H and O–H groups in total. The maximum atomic E-state index is 14.2. The van der Waals surface area contributed by atoms with Crippen LogP contribution in [0.3, 0.4) is 0 Å². The molecule has 2 nitrogen and oxygen atoms in total. The van der Waals surface area contributed by atoms with Crippen LogP contribution in [0.15, 0.2) is 42.5 Å². The van der Waals surface area contributed by atoms with Crippen LogP contribution in [-0.4, -0.2) is 23.1 Å². The van der Waals surface area contributed by atoms with Crippen molar-refractivity contribution in [3.8, 4) is 0 Å². The molecule has 25 heavy (non-hydrogen) atoms. The van der Waals surface area contributed by atoms with Crippen LogP contribution in [0.2, 0.25) is 0 Å². The van der Waals surface area contributed by atoms with Crippen molar-refractivity contribution < 1.29 is 4.39 Å². The van der Waals surface area contributed by atoms with Gasteiger partial charge in [-0.3, -0.25) is 0 Å². The molecule has 0 saturated carbocycles. The lowest BCUT2D eigenvalue weighted by Crippen LogP contribution is -2.26. The van der Waals surface area contributed by atoms with Gasteiger partial charge in [0.05, 0.1) is 5.52 Å². The zero-order valence-corrected chi connectivity index (χ0v) is 15.0. The van der Waals surface area contributed by atoms with Crippen LogP contribution < -0.4 is 0 Å². The quantitative estimate of drug-likeness (QED) is 0.633. The number of allylic oxidation sites excluding steroid dienone is 1. The monoisotopic (exact) mass is 334 g/mol. The largest absolute Gasteiger partial charge is 0.320 e. The van der Waals surface area contributed by atoms with E-state index in [1.165, 1.54) is 33.8 Å². The van der Waals surface area contributed by atoms with Crippen LogP contribution in [0.5, 0.6) is 0 Å². The number of hydrogen-bond acceptors (Lipinski definition) is 1. The summed E-state index contributed by atoms with van der Waals surface area (Å²) in [6.07, 6.45) is 3.11. The van der Waals surface area contributed by atoms with Crippen LogP contribution >= 0.6 is 0 Å². The number of nitrogens with zero attached hydrogens (tertiary/aromatic N) is 2. The molecule has 0 atom stereocenters. The van der Waals surface area contributed by atoms with E-state index in [0.717, 1.165) is 25.1 Å². The molecule has 0 aliphatic carbocycles. The summed E-state index contributed by atoms with van der Waals surface area (Å²) in [6, 6.07) is 13.6. The third kappa shape index (κ3) is 2.79. The molecule has 0 spiro atoms. The third-order valence-electron chi connectivity index (χ3n) is 5.16. The minimum Gasteiger partial charge on any atom is -0.320 e. The van der Waals surface area contributed by atoms with Gasteiger partial charge in [0.1, 0.15) is 5.82 Å². The van der Waals surface area contributed by atoms with Gasteiger partial charge in [0.25, 0.3) is 0 Å². The summed E-state index contributed by atoms with van der Waals surface area (Å²) in [5.41, 5.74) is 6.85. The van der Waals surface area contributed by atoms with Crippen molar-refractivity contribution in [3.05, 3.63) is 70.7 Å². The summed E-state index contributed by atoms with van der Waals surface area (Å²) in [4.78, 5) is 2.36. The summed E-state index contributed by atoms with van der Waals surface area (Å²) >= 11 is 0. The molecule has 0 bridgehead atoms. The van der Waals surface area contributed by atoms with Gasteiger partial charge in [-0.1, -0.05) is 29.8 Å². The van der Waals surface area contributed by atoms with Crippen LogP contribution in [-0.2, 0) is 13.0 Å². The Kier molecular flexibility index (Phi) is 3.97. The summed E-state index contributed by atoms with van der Waals surface area (Å²) in [7, 11) is 2.17. The van der Waals surface area contributed by atoms with E-state index in [1.54, 1.807) is 6.07 Å². The smallest absolute Gasteiger partial charge is 0.130 e. The van der Waals surface area contributed by atoms with Crippen molar-refractivity contribution in [3.63, 3.8) is 0 Å². The minimum absolute atomic E-state index is 0.169. The average Bonchev–Trinajstić information content (AvgIpc) is 2.88. The highest BCUT2D eigenvalue weighted by atomic mass is 19.1. The van der Waals surface area contributed by atoms with Gasteiger partial charge in [-0.15, -0.1) is 0 Å². The molecule has 1 aromatic heterocycles. The van der Waals surface area contributed by atoms with Gasteiger partial charge >= 0.3 is 0 Å². The lowest BCUT2D eigenvalue weighted by molar-refractivity contribution is 0.312. The summed E-state index contributed by atoms with van der Waals surface area (Å²) in [5.74, 6) is -0.169. The lowest BCUT2D eigenvalue weighted by Gasteiger charge is -2.23. The lowest BCUT2D eigenvalue weighted by atomic mass is 10.0. The van der Waals surface area contributed by atoms with E-state index in [4.69, 9.17) is 0 Å². The summed E-state index contributed by atoms with van der Waals surface area (Å²) in [6.45, 7) is 6.14. The Labute approximate surface area is 148 Å². The van der Waals surface area contributed by atoms with Crippen LogP contribution in [0.1, 0.15) is 29.3 Å². The van der Waals surface area contributed by atoms with Crippen LogP contribution in [0, 0.1) is 12.7 Å². The van der Waals surface area contributed by atoms with Gasteiger partial charge in [0.15, 0.2) is 0 Å². The predicted octanol–water partition coefficient (Wildman–Crippen LogP) is 5.09. The van der Waals surface area contributed by atoms with E-state index in [1.807, 2.05) is 19.1 Å². The number of halogens is 1. The number of benzene rings is 2. The number of likely N-dealkylation sites (N-methyl/N-ethyl adjacent to an activating group) is 1. The Morgan fingerprint density at radius 3 is 2.76 bits per heavy atom. The molecule has 0 radical (unpaired) electrons. The average molecular weight is 334 g/mol. The maximum Gasteiger partial charge on any atom is 0.130 e. The Morgan fingerprint density at radius 2 is 1.96 bits per heavy atom. The van der Waals surface area contributed by atoms with E-state index in [0.29, 0.717) is 5.56 Å². The molecule has 3 aromatic rings. The van der Waals surface area contributed by atoms with E-state index in [9.17, 15) is 4.39 Å². The fourth-order valence-corrected chi connectivity index (χ4v) is 3.83. The van der Waals surface area contributed by atoms with Gasteiger partial charge in [0, 0.05) is 42.4 Å². The molecule has 0 amide bonds. The first kappa shape index (κ1) is 16.1. The summed E-state index contributed by atoms with van der Waals surface area (Å²) in [5, 5.41) is 1.32. The Balaban J connectivity index is 1.93. The second kappa shape index (κ2) is 6.16. The highest BCUT2D eigenvalue weighted by Gasteiger charge is 2.22. The van der Waals surface area contributed by atoms with E-state index in [2.05, 4.69) is 47.8 Å². The molecule has 1 aliphatic rings. The molecule has 2 heterocycles. The molecule has 1 aliphatic heterocycles. The molecule has 0 unspecified atom stereocenters. The van der Waals surface area contributed by atoms with Crippen molar-refractivity contribution in [2.75, 3.05) is 13.6 Å².